The van der Waals surface area contributed by atoms with Crippen molar-refractivity contribution in [3.8, 4) is 0 Å². The molecule has 2 atom stereocenters. The molecular weight excluding hydrogens is 176 g/mol. The molecule has 0 heterocycles. The van der Waals surface area contributed by atoms with E-state index in [0.29, 0.717) is 30.5 Å². The maximum atomic E-state index is 11.5. The van der Waals surface area contributed by atoms with Gasteiger partial charge in [0, 0.05) is 18.9 Å². The van der Waals surface area contributed by atoms with Gasteiger partial charge in [0.05, 0.1) is 0 Å². The maximum absolute atomic E-state index is 11.5. The SMILES string of the molecule is CC(CC(C)C(C)C)C(=O)CCCO. The summed E-state index contributed by atoms with van der Waals surface area (Å²) in [6.45, 7) is 8.70. The fraction of sp³-hybridized carbons (Fsp3) is 0.917. The van der Waals surface area contributed by atoms with E-state index in [0.717, 1.165) is 6.42 Å². The van der Waals surface area contributed by atoms with Crippen LogP contribution in [0.25, 0.3) is 0 Å². The van der Waals surface area contributed by atoms with Crippen LogP contribution in [0.15, 0.2) is 0 Å². The number of aliphatic hydroxyl groups is 1. The highest BCUT2D eigenvalue weighted by Gasteiger charge is 2.17. The summed E-state index contributed by atoms with van der Waals surface area (Å²) in [5.74, 6) is 1.69. The van der Waals surface area contributed by atoms with Gasteiger partial charge in [-0.3, -0.25) is 4.79 Å². The highest BCUT2D eigenvalue weighted by atomic mass is 16.3. The minimum atomic E-state index is 0.123. The van der Waals surface area contributed by atoms with Crippen LogP contribution in [-0.2, 0) is 4.79 Å². The molecule has 14 heavy (non-hydrogen) atoms. The number of aliphatic hydroxyl groups excluding tert-OH is 1. The second kappa shape index (κ2) is 6.99. The third kappa shape index (κ3) is 5.38. The highest BCUT2D eigenvalue weighted by molar-refractivity contribution is 5.80. The Labute approximate surface area is 87.7 Å². The van der Waals surface area contributed by atoms with Crippen LogP contribution in [0.5, 0.6) is 0 Å². The molecule has 0 aliphatic carbocycles. The quantitative estimate of drug-likeness (QED) is 0.686. The highest BCUT2D eigenvalue weighted by Crippen LogP contribution is 2.21. The Bertz CT molecular complexity index is 164. The fourth-order valence-corrected chi connectivity index (χ4v) is 1.46. The maximum Gasteiger partial charge on any atom is 0.135 e. The van der Waals surface area contributed by atoms with E-state index in [9.17, 15) is 4.79 Å². The lowest BCUT2D eigenvalue weighted by atomic mass is 9.86. The Morgan fingerprint density at radius 2 is 1.79 bits per heavy atom. The lowest BCUT2D eigenvalue weighted by molar-refractivity contribution is -0.123. The molecular formula is C12H24O2. The van der Waals surface area contributed by atoms with E-state index in [1.54, 1.807) is 0 Å². The summed E-state index contributed by atoms with van der Waals surface area (Å²) in [6.07, 6.45) is 2.11. The molecule has 2 unspecified atom stereocenters. The van der Waals surface area contributed by atoms with E-state index in [1.807, 2.05) is 6.92 Å². The van der Waals surface area contributed by atoms with Crippen molar-refractivity contribution < 1.29 is 9.90 Å². The van der Waals surface area contributed by atoms with Crippen LogP contribution in [-0.4, -0.2) is 17.5 Å². The normalized spacial score (nSPS) is 15.6. The molecule has 0 aromatic heterocycles. The predicted octanol–water partition coefficient (Wildman–Crippen LogP) is 2.65. The van der Waals surface area contributed by atoms with Gasteiger partial charge in [0.15, 0.2) is 0 Å². The van der Waals surface area contributed by atoms with Gasteiger partial charge < -0.3 is 5.11 Å². The third-order valence-corrected chi connectivity index (χ3v) is 2.99. The van der Waals surface area contributed by atoms with E-state index >= 15 is 0 Å². The molecule has 0 saturated carbocycles. The smallest absolute Gasteiger partial charge is 0.135 e. The van der Waals surface area contributed by atoms with Crippen LogP contribution < -0.4 is 0 Å². The van der Waals surface area contributed by atoms with Crippen molar-refractivity contribution in [2.75, 3.05) is 6.61 Å². The first kappa shape index (κ1) is 13.6. The Kier molecular flexibility index (Phi) is 6.81. The molecule has 0 saturated heterocycles. The molecule has 0 spiro atoms. The van der Waals surface area contributed by atoms with E-state index < -0.39 is 0 Å². The van der Waals surface area contributed by atoms with Crippen molar-refractivity contribution in [2.45, 2.75) is 47.0 Å². The molecule has 1 N–H and O–H groups in total. The van der Waals surface area contributed by atoms with Gasteiger partial charge in [-0.1, -0.05) is 27.7 Å². The molecule has 2 heteroatoms. The van der Waals surface area contributed by atoms with Crippen LogP contribution >= 0.6 is 0 Å². The minimum absolute atomic E-state index is 0.123. The van der Waals surface area contributed by atoms with E-state index in [-0.39, 0.29) is 12.5 Å². The molecule has 0 rings (SSSR count). The van der Waals surface area contributed by atoms with E-state index in [1.165, 1.54) is 0 Å². The van der Waals surface area contributed by atoms with Crippen LogP contribution in [0.3, 0.4) is 0 Å². The zero-order chi connectivity index (χ0) is 11.1. The first-order chi connectivity index (χ1) is 6.49. The van der Waals surface area contributed by atoms with Gasteiger partial charge in [-0.25, -0.2) is 0 Å². The lowest BCUT2D eigenvalue weighted by Crippen LogP contribution is -2.17. The zero-order valence-corrected chi connectivity index (χ0v) is 9.92. The van der Waals surface area contributed by atoms with Gasteiger partial charge in [-0.15, -0.1) is 0 Å². The number of carbonyl (C=O) groups excluding carboxylic acids is 1. The van der Waals surface area contributed by atoms with Crippen molar-refractivity contribution in [1.82, 2.24) is 0 Å². The number of hydrogen-bond acceptors (Lipinski definition) is 2. The first-order valence-electron chi connectivity index (χ1n) is 5.62. The molecule has 0 radical (unpaired) electrons. The Morgan fingerprint density at radius 3 is 2.21 bits per heavy atom. The van der Waals surface area contributed by atoms with Crippen molar-refractivity contribution >= 4 is 5.78 Å². The topological polar surface area (TPSA) is 37.3 Å². The summed E-state index contributed by atoms with van der Waals surface area (Å²) < 4.78 is 0. The number of Topliss-reactive ketones (excluding diaryl/α,β-unsaturated/α-hetero) is 1. The van der Waals surface area contributed by atoms with Crippen molar-refractivity contribution in [1.29, 1.82) is 0 Å². The Hall–Kier alpha value is -0.370. The number of carbonyl (C=O) groups is 1. The standard InChI is InChI=1S/C12H24O2/c1-9(2)10(3)8-11(4)12(14)6-5-7-13/h9-11,13H,5-8H2,1-4H3. The summed E-state index contributed by atoms with van der Waals surface area (Å²) in [5.41, 5.74) is 0. The van der Waals surface area contributed by atoms with Crippen molar-refractivity contribution in [3.05, 3.63) is 0 Å². The van der Waals surface area contributed by atoms with Crippen molar-refractivity contribution in [2.24, 2.45) is 17.8 Å². The van der Waals surface area contributed by atoms with E-state index in [2.05, 4.69) is 20.8 Å². The number of ketones is 1. The van der Waals surface area contributed by atoms with Crippen LogP contribution in [0.2, 0.25) is 0 Å². The third-order valence-electron chi connectivity index (χ3n) is 2.99. The summed E-state index contributed by atoms with van der Waals surface area (Å²) in [6, 6.07) is 0. The van der Waals surface area contributed by atoms with Gasteiger partial charge in [-0.05, 0) is 24.7 Å². The van der Waals surface area contributed by atoms with Gasteiger partial charge in [-0.2, -0.15) is 0 Å². The summed E-state index contributed by atoms with van der Waals surface area (Å²) >= 11 is 0. The zero-order valence-electron chi connectivity index (χ0n) is 9.92. The summed E-state index contributed by atoms with van der Waals surface area (Å²) in [4.78, 5) is 11.5. The van der Waals surface area contributed by atoms with Gasteiger partial charge >= 0.3 is 0 Å². The van der Waals surface area contributed by atoms with Gasteiger partial charge in [0.1, 0.15) is 5.78 Å². The Morgan fingerprint density at radius 1 is 1.21 bits per heavy atom. The van der Waals surface area contributed by atoms with Crippen LogP contribution in [0.1, 0.15) is 47.0 Å². The largest absolute Gasteiger partial charge is 0.396 e. The molecule has 0 fully saturated rings. The number of rotatable bonds is 7. The second-order valence-corrected chi connectivity index (χ2v) is 4.65. The van der Waals surface area contributed by atoms with Crippen LogP contribution in [0, 0.1) is 17.8 Å². The monoisotopic (exact) mass is 200 g/mol. The van der Waals surface area contributed by atoms with Gasteiger partial charge in [0.25, 0.3) is 0 Å². The molecule has 0 aromatic rings. The fourth-order valence-electron chi connectivity index (χ4n) is 1.46. The predicted molar refractivity (Wildman–Crippen MR) is 59.1 cm³/mol. The second-order valence-electron chi connectivity index (χ2n) is 4.65. The van der Waals surface area contributed by atoms with Gasteiger partial charge in [0.2, 0.25) is 0 Å². The van der Waals surface area contributed by atoms with Crippen LogP contribution in [0.4, 0.5) is 0 Å². The van der Waals surface area contributed by atoms with E-state index in [4.69, 9.17) is 5.11 Å². The summed E-state index contributed by atoms with van der Waals surface area (Å²) in [7, 11) is 0. The molecule has 84 valence electrons. The molecule has 2 nitrogen and oxygen atoms in total. The average Bonchev–Trinajstić information content (AvgIpc) is 2.13. The minimum Gasteiger partial charge on any atom is -0.396 e. The van der Waals surface area contributed by atoms with Crippen molar-refractivity contribution in [3.63, 3.8) is 0 Å². The Balaban J connectivity index is 3.82. The average molecular weight is 200 g/mol. The molecule has 0 aliphatic heterocycles. The molecule has 0 amide bonds. The molecule has 0 aromatic carbocycles. The lowest BCUT2D eigenvalue weighted by Gasteiger charge is -2.19. The molecule has 0 aliphatic rings. The first-order valence-corrected chi connectivity index (χ1v) is 5.62. The summed E-state index contributed by atoms with van der Waals surface area (Å²) in [5, 5.41) is 8.61. The number of hydrogen-bond donors (Lipinski definition) is 1. The molecule has 0 bridgehead atoms.